The van der Waals surface area contributed by atoms with Crippen molar-refractivity contribution in [1.82, 2.24) is 4.90 Å². The van der Waals surface area contributed by atoms with Crippen LogP contribution in [0.25, 0.3) is 0 Å². The van der Waals surface area contributed by atoms with Gasteiger partial charge in [0.05, 0.1) is 0 Å². The highest BCUT2D eigenvalue weighted by atomic mass is 16.4. The molecule has 1 saturated heterocycles. The number of carbonyl (C=O) groups excluding carboxylic acids is 1. The standard InChI is InChI=1S/C7H11NO3/c9-4-2-6-1-3-8(5-6)7(10)11/h4,6H,1-3,5H2,(H,10,11)/t6-/m1/s1. The van der Waals surface area contributed by atoms with Crippen molar-refractivity contribution < 1.29 is 14.7 Å². The van der Waals surface area contributed by atoms with E-state index in [4.69, 9.17) is 5.11 Å². The molecule has 0 aromatic heterocycles. The average Bonchev–Trinajstić information content (AvgIpc) is 2.37. The van der Waals surface area contributed by atoms with E-state index in [1.54, 1.807) is 0 Å². The molecular weight excluding hydrogens is 146 g/mol. The smallest absolute Gasteiger partial charge is 0.407 e. The molecule has 0 aliphatic carbocycles. The lowest BCUT2D eigenvalue weighted by Crippen LogP contribution is -2.26. The second kappa shape index (κ2) is 3.37. The lowest BCUT2D eigenvalue weighted by atomic mass is 10.1. The van der Waals surface area contributed by atoms with Gasteiger partial charge in [0.1, 0.15) is 6.29 Å². The average molecular weight is 157 g/mol. The highest BCUT2D eigenvalue weighted by molar-refractivity contribution is 5.65. The zero-order valence-electron chi connectivity index (χ0n) is 6.19. The zero-order valence-corrected chi connectivity index (χ0v) is 6.19. The fourth-order valence-electron chi connectivity index (χ4n) is 1.33. The molecule has 1 atom stereocenters. The van der Waals surface area contributed by atoms with Gasteiger partial charge in [0, 0.05) is 19.5 Å². The van der Waals surface area contributed by atoms with E-state index >= 15 is 0 Å². The molecule has 1 aliphatic rings. The molecule has 0 radical (unpaired) electrons. The minimum Gasteiger partial charge on any atom is -0.465 e. The largest absolute Gasteiger partial charge is 0.465 e. The minimum atomic E-state index is -0.876. The van der Waals surface area contributed by atoms with E-state index in [0.717, 1.165) is 12.7 Å². The Bertz CT molecular complexity index is 169. The first-order valence-corrected chi connectivity index (χ1v) is 3.65. The van der Waals surface area contributed by atoms with Gasteiger partial charge in [-0.25, -0.2) is 4.79 Å². The Morgan fingerprint density at radius 1 is 1.73 bits per heavy atom. The van der Waals surface area contributed by atoms with E-state index in [-0.39, 0.29) is 5.92 Å². The third-order valence-corrected chi connectivity index (χ3v) is 1.99. The van der Waals surface area contributed by atoms with Crippen molar-refractivity contribution in [2.75, 3.05) is 13.1 Å². The van der Waals surface area contributed by atoms with Gasteiger partial charge in [-0.3, -0.25) is 0 Å². The van der Waals surface area contributed by atoms with E-state index in [1.807, 2.05) is 0 Å². The summed E-state index contributed by atoms with van der Waals surface area (Å²) in [4.78, 5) is 21.8. The second-order valence-corrected chi connectivity index (χ2v) is 2.79. The van der Waals surface area contributed by atoms with Crippen molar-refractivity contribution in [2.45, 2.75) is 12.8 Å². The Morgan fingerprint density at radius 3 is 2.91 bits per heavy atom. The van der Waals surface area contributed by atoms with Crippen molar-refractivity contribution in [1.29, 1.82) is 0 Å². The zero-order chi connectivity index (χ0) is 8.27. The van der Waals surface area contributed by atoms with Crippen LogP contribution in [0.15, 0.2) is 0 Å². The third-order valence-electron chi connectivity index (χ3n) is 1.99. The Balaban J connectivity index is 2.34. The molecule has 11 heavy (non-hydrogen) atoms. The van der Waals surface area contributed by atoms with Crippen LogP contribution in [0.3, 0.4) is 0 Å². The Morgan fingerprint density at radius 2 is 2.45 bits per heavy atom. The van der Waals surface area contributed by atoms with Crippen LogP contribution < -0.4 is 0 Å². The fraction of sp³-hybridized carbons (Fsp3) is 0.714. The molecule has 0 saturated carbocycles. The van der Waals surface area contributed by atoms with Crippen molar-refractivity contribution in [2.24, 2.45) is 5.92 Å². The van der Waals surface area contributed by atoms with Crippen molar-refractivity contribution in [3.63, 3.8) is 0 Å². The Hall–Kier alpha value is -1.06. The summed E-state index contributed by atoms with van der Waals surface area (Å²) in [6, 6.07) is 0. The van der Waals surface area contributed by atoms with Gasteiger partial charge in [0.15, 0.2) is 0 Å². The molecular formula is C7H11NO3. The normalized spacial score (nSPS) is 23.6. The van der Waals surface area contributed by atoms with Crippen LogP contribution in [-0.4, -0.2) is 35.5 Å². The molecule has 1 N–H and O–H groups in total. The molecule has 0 aromatic rings. The maximum atomic E-state index is 10.4. The number of carboxylic acid groups (broad SMARTS) is 1. The minimum absolute atomic E-state index is 0.253. The predicted octanol–water partition coefficient (Wildman–Crippen LogP) is 0.575. The lowest BCUT2D eigenvalue weighted by Gasteiger charge is -2.09. The van der Waals surface area contributed by atoms with Gasteiger partial charge in [-0.15, -0.1) is 0 Å². The van der Waals surface area contributed by atoms with Gasteiger partial charge in [-0.1, -0.05) is 0 Å². The maximum absolute atomic E-state index is 10.4. The first kappa shape index (κ1) is 8.04. The molecule has 1 rings (SSSR count). The van der Waals surface area contributed by atoms with Crippen LogP contribution in [-0.2, 0) is 4.79 Å². The number of nitrogens with zero attached hydrogens (tertiary/aromatic N) is 1. The van der Waals surface area contributed by atoms with Crippen LogP contribution >= 0.6 is 0 Å². The van der Waals surface area contributed by atoms with Crippen LogP contribution in [0.1, 0.15) is 12.8 Å². The van der Waals surface area contributed by atoms with Gasteiger partial charge in [0.25, 0.3) is 0 Å². The highest BCUT2D eigenvalue weighted by Crippen LogP contribution is 2.17. The monoisotopic (exact) mass is 157 g/mol. The van der Waals surface area contributed by atoms with Gasteiger partial charge >= 0.3 is 6.09 Å². The summed E-state index contributed by atoms with van der Waals surface area (Å²) in [5.74, 6) is 0.253. The summed E-state index contributed by atoms with van der Waals surface area (Å²) in [6.07, 6.45) is 1.29. The highest BCUT2D eigenvalue weighted by Gasteiger charge is 2.24. The van der Waals surface area contributed by atoms with E-state index < -0.39 is 6.09 Å². The van der Waals surface area contributed by atoms with E-state index in [1.165, 1.54) is 4.90 Å². The molecule has 1 fully saturated rings. The third kappa shape index (κ3) is 1.93. The summed E-state index contributed by atoms with van der Waals surface area (Å²) in [5.41, 5.74) is 0. The van der Waals surface area contributed by atoms with Gasteiger partial charge in [-0.2, -0.15) is 0 Å². The Kier molecular flexibility index (Phi) is 2.46. The van der Waals surface area contributed by atoms with E-state index in [2.05, 4.69) is 0 Å². The summed E-state index contributed by atoms with van der Waals surface area (Å²) in [7, 11) is 0. The summed E-state index contributed by atoms with van der Waals surface area (Å²) in [5, 5.41) is 8.54. The molecule has 1 heterocycles. The van der Waals surface area contributed by atoms with E-state index in [9.17, 15) is 9.59 Å². The van der Waals surface area contributed by atoms with Crippen molar-refractivity contribution >= 4 is 12.4 Å². The lowest BCUT2D eigenvalue weighted by molar-refractivity contribution is -0.108. The summed E-state index contributed by atoms with van der Waals surface area (Å²) < 4.78 is 0. The van der Waals surface area contributed by atoms with E-state index in [0.29, 0.717) is 19.5 Å². The topological polar surface area (TPSA) is 57.6 Å². The van der Waals surface area contributed by atoms with Gasteiger partial charge < -0.3 is 14.8 Å². The number of rotatable bonds is 2. The van der Waals surface area contributed by atoms with Crippen molar-refractivity contribution in [3.8, 4) is 0 Å². The predicted molar refractivity (Wildman–Crippen MR) is 38.4 cm³/mol. The van der Waals surface area contributed by atoms with Crippen molar-refractivity contribution in [3.05, 3.63) is 0 Å². The first-order valence-electron chi connectivity index (χ1n) is 3.65. The number of hydrogen-bond donors (Lipinski definition) is 1. The van der Waals surface area contributed by atoms with Gasteiger partial charge in [-0.05, 0) is 12.3 Å². The molecule has 4 nitrogen and oxygen atoms in total. The molecule has 0 aromatic carbocycles. The van der Waals surface area contributed by atoms with Gasteiger partial charge in [0.2, 0.25) is 0 Å². The van der Waals surface area contributed by atoms with Crippen LogP contribution in [0, 0.1) is 5.92 Å². The molecule has 0 unspecified atom stereocenters. The molecule has 0 spiro atoms. The molecule has 62 valence electrons. The number of carbonyl (C=O) groups is 2. The van der Waals surface area contributed by atoms with Crippen LogP contribution in [0.2, 0.25) is 0 Å². The second-order valence-electron chi connectivity index (χ2n) is 2.79. The number of hydrogen-bond acceptors (Lipinski definition) is 2. The summed E-state index contributed by atoms with van der Waals surface area (Å²) >= 11 is 0. The Labute approximate surface area is 64.8 Å². The number of likely N-dealkylation sites (tertiary alicyclic amines) is 1. The fourth-order valence-corrected chi connectivity index (χ4v) is 1.33. The number of aldehydes is 1. The molecule has 0 bridgehead atoms. The molecule has 1 aliphatic heterocycles. The maximum Gasteiger partial charge on any atom is 0.407 e. The molecule has 1 amide bonds. The molecule has 4 heteroatoms. The van der Waals surface area contributed by atoms with Crippen LogP contribution in [0.5, 0.6) is 0 Å². The number of amides is 1. The first-order chi connectivity index (χ1) is 5.24. The van der Waals surface area contributed by atoms with Crippen LogP contribution in [0.4, 0.5) is 4.79 Å². The summed E-state index contributed by atoms with van der Waals surface area (Å²) in [6.45, 7) is 1.10. The quantitative estimate of drug-likeness (QED) is 0.596. The SMILES string of the molecule is O=CC[C@H]1CCN(C(=O)O)C1.